The van der Waals surface area contributed by atoms with Crippen molar-refractivity contribution >= 4 is 0 Å². The van der Waals surface area contributed by atoms with Crippen molar-refractivity contribution in [3.63, 3.8) is 0 Å². The van der Waals surface area contributed by atoms with Crippen LogP contribution >= 0.6 is 0 Å². The van der Waals surface area contributed by atoms with Gasteiger partial charge in [-0.05, 0) is 30.7 Å². The Labute approximate surface area is 102 Å². The highest BCUT2D eigenvalue weighted by molar-refractivity contribution is 4.84. The highest BCUT2D eigenvalue weighted by Crippen LogP contribution is 2.12. The van der Waals surface area contributed by atoms with E-state index in [1.165, 1.54) is 0 Å². The first kappa shape index (κ1) is 12.4. The fourth-order valence-corrected chi connectivity index (χ4v) is 2.34. The maximum absolute atomic E-state index is 5.71. The Morgan fingerprint density at radius 2 is 2.00 bits per heavy atom. The number of tetrazole rings is 1. The van der Waals surface area contributed by atoms with E-state index in [0.29, 0.717) is 0 Å². The Bertz CT molecular complexity index is 343. The van der Waals surface area contributed by atoms with Gasteiger partial charge >= 0.3 is 0 Å². The zero-order chi connectivity index (χ0) is 12.3. The molecule has 0 amide bonds. The van der Waals surface area contributed by atoms with Crippen molar-refractivity contribution in [1.29, 1.82) is 0 Å². The van der Waals surface area contributed by atoms with Crippen LogP contribution < -0.4 is 0 Å². The molecule has 0 aliphatic carbocycles. The van der Waals surface area contributed by atoms with Crippen LogP contribution in [0.1, 0.15) is 33.0 Å². The molecule has 2 rings (SSSR count). The second-order valence-electron chi connectivity index (χ2n) is 4.77. The molecule has 1 aliphatic heterocycles. The summed E-state index contributed by atoms with van der Waals surface area (Å²) in [7, 11) is 0. The summed E-state index contributed by atoms with van der Waals surface area (Å²) in [5.41, 5.74) is 0. The van der Waals surface area contributed by atoms with Gasteiger partial charge in [0.25, 0.3) is 0 Å². The average molecular weight is 239 g/mol. The topological polar surface area (TPSA) is 56.1 Å². The van der Waals surface area contributed by atoms with Crippen LogP contribution in [0.4, 0.5) is 0 Å². The number of hydrogen-bond acceptors (Lipinski definition) is 5. The molecule has 2 heterocycles. The summed E-state index contributed by atoms with van der Waals surface area (Å²) >= 11 is 0. The number of aromatic nitrogens is 4. The Kier molecular flexibility index (Phi) is 4.06. The first-order valence-electron chi connectivity index (χ1n) is 6.32. The highest BCUT2D eigenvalue weighted by Gasteiger charge is 2.23. The van der Waals surface area contributed by atoms with Gasteiger partial charge in [0.15, 0.2) is 5.82 Å². The lowest BCUT2D eigenvalue weighted by Gasteiger charge is -2.34. The van der Waals surface area contributed by atoms with Crippen molar-refractivity contribution in [3.8, 4) is 0 Å². The highest BCUT2D eigenvalue weighted by atomic mass is 16.5. The van der Waals surface area contributed by atoms with E-state index in [0.717, 1.165) is 38.4 Å². The van der Waals surface area contributed by atoms with Crippen molar-refractivity contribution in [1.82, 2.24) is 25.1 Å². The molecule has 6 nitrogen and oxygen atoms in total. The van der Waals surface area contributed by atoms with E-state index in [2.05, 4.69) is 41.2 Å². The molecule has 1 aromatic heterocycles. The van der Waals surface area contributed by atoms with Crippen LogP contribution in [-0.2, 0) is 17.8 Å². The van der Waals surface area contributed by atoms with Crippen LogP contribution in [0.5, 0.6) is 0 Å². The smallest absolute Gasteiger partial charge is 0.165 e. The van der Waals surface area contributed by atoms with E-state index in [4.69, 9.17) is 4.74 Å². The van der Waals surface area contributed by atoms with E-state index in [1.54, 1.807) is 0 Å². The molecule has 1 aromatic rings. The molecule has 0 radical (unpaired) electrons. The molecule has 6 heteroatoms. The number of aryl methyl sites for hydroxylation is 1. The molecule has 1 fully saturated rings. The van der Waals surface area contributed by atoms with Crippen molar-refractivity contribution in [2.24, 2.45) is 0 Å². The number of ether oxygens (including phenoxy) is 1. The summed E-state index contributed by atoms with van der Waals surface area (Å²) in [6.07, 6.45) is 1.62. The van der Waals surface area contributed by atoms with Gasteiger partial charge < -0.3 is 4.74 Å². The summed E-state index contributed by atoms with van der Waals surface area (Å²) in [4.78, 5) is 2.36. The number of nitrogens with zero attached hydrogens (tertiary/aromatic N) is 5. The normalized spacial score (nSPS) is 26.3. The first-order chi connectivity index (χ1) is 8.19. The zero-order valence-electron chi connectivity index (χ0n) is 10.8. The minimum absolute atomic E-state index is 0.286. The van der Waals surface area contributed by atoms with Crippen molar-refractivity contribution in [3.05, 3.63) is 5.82 Å². The zero-order valence-corrected chi connectivity index (χ0v) is 10.8. The third kappa shape index (κ3) is 3.23. The van der Waals surface area contributed by atoms with Gasteiger partial charge in [0.1, 0.15) is 0 Å². The van der Waals surface area contributed by atoms with E-state index < -0.39 is 0 Å². The fraction of sp³-hybridized carbons (Fsp3) is 0.909. The van der Waals surface area contributed by atoms with Gasteiger partial charge in [0.05, 0.1) is 18.8 Å². The Morgan fingerprint density at radius 1 is 1.29 bits per heavy atom. The summed E-state index contributed by atoms with van der Waals surface area (Å²) in [5.74, 6) is 0.952. The minimum atomic E-state index is 0.286. The molecule has 0 unspecified atom stereocenters. The van der Waals surface area contributed by atoms with Crippen molar-refractivity contribution in [2.75, 3.05) is 13.1 Å². The number of morpholine rings is 1. The standard InChI is InChI=1S/C11H21N5O/c1-4-5-16-11(12-13-14-16)8-15-6-9(2)17-10(3)7-15/h9-10H,4-8H2,1-3H3/t9-,10+. The van der Waals surface area contributed by atoms with E-state index in [1.807, 2.05) is 4.68 Å². The molecule has 96 valence electrons. The van der Waals surface area contributed by atoms with Gasteiger partial charge in [0, 0.05) is 19.6 Å². The largest absolute Gasteiger partial charge is 0.373 e. The SMILES string of the molecule is CCCn1nnnc1CN1C[C@@H](C)O[C@@H](C)C1. The lowest BCUT2D eigenvalue weighted by Crippen LogP contribution is -2.45. The van der Waals surface area contributed by atoms with Crippen molar-refractivity contribution < 1.29 is 4.74 Å². The fourth-order valence-electron chi connectivity index (χ4n) is 2.34. The maximum Gasteiger partial charge on any atom is 0.165 e. The summed E-state index contributed by atoms with van der Waals surface area (Å²) in [6, 6.07) is 0. The molecule has 1 aliphatic rings. The van der Waals surface area contributed by atoms with Crippen LogP contribution in [-0.4, -0.2) is 50.4 Å². The first-order valence-corrected chi connectivity index (χ1v) is 6.32. The Balaban J connectivity index is 1.97. The summed E-state index contributed by atoms with van der Waals surface area (Å²) in [6.45, 7) is 9.94. The minimum Gasteiger partial charge on any atom is -0.373 e. The molecular weight excluding hydrogens is 218 g/mol. The third-order valence-corrected chi connectivity index (χ3v) is 2.90. The lowest BCUT2D eigenvalue weighted by molar-refractivity contribution is -0.0713. The van der Waals surface area contributed by atoms with E-state index in [9.17, 15) is 0 Å². The van der Waals surface area contributed by atoms with Crippen LogP contribution in [0.15, 0.2) is 0 Å². The molecule has 2 atom stereocenters. The van der Waals surface area contributed by atoms with Crippen molar-refractivity contribution in [2.45, 2.75) is 52.5 Å². The third-order valence-electron chi connectivity index (χ3n) is 2.90. The molecule has 17 heavy (non-hydrogen) atoms. The van der Waals surface area contributed by atoms with Gasteiger partial charge in [0.2, 0.25) is 0 Å². The lowest BCUT2D eigenvalue weighted by atomic mass is 10.2. The Hall–Kier alpha value is -1.01. The molecule has 0 aromatic carbocycles. The van der Waals surface area contributed by atoms with Crippen LogP contribution in [0.25, 0.3) is 0 Å². The van der Waals surface area contributed by atoms with Gasteiger partial charge in [-0.3, -0.25) is 4.90 Å². The molecule has 1 saturated heterocycles. The molecule has 0 spiro atoms. The predicted molar refractivity (Wildman–Crippen MR) is 63.4 cm³/mol. The van der Waals surface area contributed by atoms with Crippen LogP contribution in [0, 0.1) is 0 Å². The van der Waals surface area contributed by atoms with E-state index >= 15 is 0 Å². The van der Waals surface area contributed by atoms with Crippen LogP contribution in [0.2, 0.25) is 0 Å². The molecule has 0 bridgehead atoms. The van der Waals surface area contributed by atoms with Gasteiger partial charge in [-0.25, -0.2) is 4.68 Å². The Morgan fingerprint density at radius 3 is 2.65 bits per heavy atom. The van der Waals surface area contributed by atoms with Gasteiger partial charge in [-0.1, -0.05) is 6.92 Å². The quantitative estimate of drug-likeness (QED) is 0.774. The second-order valence-corrected chi connectivity index (χ2v) is 4.77. The number of hydrogen-bond donors (Lipinski definition) is 0. The summed E-state index contributed by atoms with van der Waals surface area (Å²) in [5, 5.41) is 11.9. The monoisotopic (exact) mass is 239 g/mol. The predicted octanol–water partition coefficient (Wildman–Crippen LogP) is 0.692. The van der Waals surface area contributed by atoms with E-state index in [-0.39, 0.29) is 12.2 Å². The average Bonchev–Trinajstić information content (AvgIpc) is 2.65. The summed E-state index contributed by atoms with van der Waals surface area (Å²) < 4.78 is 7.61. The van der Waals surface area contributed by atoms with Gasteiger partial charge in [-0.15, -0.1) is 5.10 Å². The second kappa shape index (κ2) is 5.55. The van der Waals surface area contributed by atoms with Crippen LogP contribution in [0.3, 0.4) is 0 Å². The molecular formula is C11H21N5O. The molecule has 0 N–H and O–H groups in total. The maximum atomic E-state index is 5.71. The number of rotatable bonds is 4. The van der Waals surface area contributed by atoms with Gasteiger partial charge in [-0.2, -0.15) is 0 Å². The molecule has 0 saturated carbocycles.